The standard InChI is InChI=1S/C15H13BrCl2FNO/c1-8(9-3-6-13(21-2)11(19)7-9)20-12-5-4-10(16)14(17)15(12)18/h3-8,20H,1-2H3. The molecular formula is C15H13BrCl2FNO. The van der Waals surface area contributed by atoms with Crippen molar-refractivity contribution in [2.75, 3.05) is 12.4 Å². The van der Waals surface area contributed by atoms with Crippen molar-refractivity contribution in [3.05, 3.63) is 56.2 Å². The second-order valence-corrected chi connectivity index (χ2v) is 6.09. The third-order valence-corrected chi connectivity index (χ3v) is 4.85. The van der Waals surface area contributed by atoms with Crippen molar-refractivity contribution < 1.29 is 9.13 Å². The molecule has 0 saturated carbocycles. The van der Waals surface area contributed by atoms with E-state index in [1.165, 1.54) is 13.2 Å². The number of ether oxygens (including phenoxy) is 1. The molecule has 0 aliphatic heterocycles. The Hall–Kier alpha value is -0.970. The Morgan fingerprint density at radius 2 is 1.90 bits per heavy atom. The van der Waals surface area contributed by atoms with E-state index in [0.717, 1.165) is 10.0 Å². The molecule has 2 rings (SSSR count). The third kappa shape index (κ3) is 3.62. The molecule has 0 amide bonds. The first-order valence-corrected chi connectivity index (χ1v) is 7.72. The summed E-state index contributed by atoms with van der Waals surface area (Å²) in [7, 11) is 1.43. The van der Waals surface area contributed by atoms with Gasteiger partial charge in [-0.1, -0.05) is 29.3 Å². The highest BCUT2D eigenvalue weighted by Gasteiger charge is 2.13. The maximum absolute atomic E-state index is 13.7. The van der Waals surface area contributed by atoms with Gasteiger partial charge in [-0.15, -0.1) is 0 Å². The van der Waals surface area contributed by atoms with Crippen molar-refractivity contribution in [1.82, 2.24) is 0 Å². The Balaban J connectivity index is 2.24. The summed E-state index contributed by atoms with van der Waals surface area (Å²) in [5, 5.41) is 4.08. The molecule has 2 aromatic carbocycles. The number of benzene rings is 2. The first-order valence-electron chi connectivity index (χ1n) is 6.17. The fourth-order valence-corrected chi connectivity index (χ4v) is 2.73. The Kier molecular flexibility index (Phi) is 5.36. The largest absolute Gasteiger partial charge is 0.494 e. The van der Waals surface area contributed by atoms with Crippen LogP contribution in [-0.4, -0.2) is 7.11 Å². The van der Waals surface area contributed by atoms with Gasteiger partial charge in [0.05, 0.1) is 22.8 Å². The molecule has 0 bridgehead atoms. The molecule has 0 aromatic heterocycles. The smallest absolute Gasteiger partial charge is 0.165 e. The molecule has 1 unspecified atom stereocenters. The molecular weight excluding hydrogens is 380 g/mol. The van der Waals surface area contributed by atoms with Crippen LogP contribution in [0.15, 0.2) is 34.8 Å². The Morgan fingerprint density at radius 1 is 1.19 bits per heavy atom. The molecule has 0 aliphatic carbocycles. The molecule has 1 N–H and O–H groups in total. The van der Waals surface area contributed by atoms with Crippen LogP contribution in [0.25, 0.3) is 0 Å². The van der Waals surface area contributed by atoms with Crippen LogP contribution in [0.3, 0.4) is 0 Å². The number of rotatable bonds is 4. The van der Waals surface area contributed by atoms with E-state index in [1.54, 1.807) is 18.2 Å². The minimum absolute atomic E-state index is 0.139. The molecule has 0 aliphatic rings. The van der Waals surface area contributed by atoms with Crippen molar-refractivity contribution >= 4 is 44.8 Å². The lowest BCUT2D eigenvalue weighted by Gasteiger charge is -2.18. The van der Waals surface area contributed by atoms with Gasteiger partial charge in [0.15, 0.2) is 11.6 Å². The molecule has 2 nitrogen and oxygen atoms in total. The lowest BCUT2D eigenvalue weighted by atomic mass is 10.1. The van der Waals surface area contributed by atoms with E-state index in [1.807, 2.05) is 13.0 Å². The average Bonchev–Trinajstić information content (AvgIpc) is 2.47. The first-order chi connectivity index (χ1) is 9.93. The summed E-state index contributed by atoms with van der Waals surface area (Å²) in [5.74, 6) is -0.181. The molecule has 2 aromatic rings. The number of methoxy groups -OCH3 is 1. The van der Waals surface area contributed by atoms with Crippen LogP contribution in [0, 0.1) is 5.82 Å². The van der Waals surface area contributed by atoms with E-state index < -0.39 is 5.82 Å². The van der Waals surface area contributed by atoms with E-state index in [2.05, 4.69) is 21.2 Å². The van der Waals surface area contributed by atoms with E-state index >= 15 is 0 Å². The molecule has 0 saturated heterocycles. The van der Waals surface area contributed by atoms with Crippen LogP contribution >= 0.6 is 39.1 Å². The maximum Gasteiger partial charge on any atom is 0.165 e. The van der Waals surface area contributed by atoms with Gasteiger partial charge in [-0.05, 0) is 52.7 Å². The van der Waals surface area contributed by atoms with Crippen LogP contribution in [0.4, 0.5) is 10.1 Å². The molecule has 6 heteroatoms. The normalized spacial score (nSPS) is 12.1. The number of hydrogen-bond donors (Lipinski definition) is 1. The summed E-state index contributed by atoms with van der Waals surface area (Å²) >= 11 is 15.6. The molecule has 112 valence electrons. The van der Waals surface area contributed by atoms with Gasteiger partial charge in [-0.2, -0.15) is 0 Å². The summed E-state index contributed by atoms with van der Waals surface area (Å²) < 4.78 is 19.4. The van der Waals surface area contributed by atoms with Crippen molar-refractivity contribution in [1.29, 1.82) is 0 Å². The van der Waals surface area contributed by atoms with E-state index in [9.17, 15) is 4.39 Å². The van der Waals surface area contributed by atoms with Gasteiger partial charge < -0.3 is 10.1 Å². The van der Waals surface area contributed by atoms with Gasteiger partial charge >= 0.3 is 0 Å². The van der Waals surface area contributed by atoms with Gasteiger partial charge in [0.25, 0.3) is 0 Å². The zero-order chi connectivity index (χ0) is 15.6. The summed E-state index contributed by atoms with van der Waals surface area (Å²) in [5.41, 5.74) is 1.47. The summed E-state index contributed by atoms with van der Waals surface area (Å²) in [6.07, 6.45) is 0. The van der Waals surface area contributed by atoms with Crippen molar-refractivity contribution in [2.24, 2.45) is 0 Å². The van der Waals surface area contributed by atoms with E-state index in [0.29, 0.717) is 15.7 Å². The summed E-state index contributed by atoms with van der Waals surface area (Å²) in [6, 6.07) is 8.31. The van der Waals surface area contributed by atoms with Crippen LogP contribution in [0.2, 0.25) is 10.0 Å². The Bertz CT molecular complexity index is 666. The number of nitrogens with one attached hydrogen (secondary N) is 1. The number of hydrogen-bond acceptors (Lipinski definition) is 2. The van der Waals surface area contributed by atoms with E-state index in [4.69, 9.17) is 27.9 Å². The second kappa shape index (κ2) is 6.86. The highest BCUT2D eigenvalue weighted by molar-refractivity contribution is 9.10. The summed E-state index contributed by atoms with van der Waals surface area (Å²) in [6.45, 7) is 1.91. The third-order valence-electron chi connectivity index (χ3n) is 3.08. The van der Waals surface area contributed by atoms with Crippen molar-refractivity contribution in [2.45, 2.75) is 13.0 Å². The zero-order valence-electron chi connectivity index (χ0n) is 11.4. The molecule has 0 radical (unpaired) electrons. The number of halogens is 4. The minimum atomic E-state index is -0.399. The molecule has 0 fully saturated rings. The average molecular weight is 393 g/mol. The molecule has 0 spiro atoms. The molecule has 1 atom stereocenters. The van der Waals surface area contributed by atoms with E-state index in [-0.39, 0.29) is 11.8 Å². The predicted octanol–water partition coefficient (Wildman–Crippen LogP) is 6.08. The fraction of sp³-hybridized carbons (Fsp3) is 0.200. The van der Waals surface area contributed by atoms with Crippen molar-refractivity contribution in [3.8, 4) is 5.75 Å². The van der Waals surface area contributed by atoms with Gasteiger partial charge in [0, 0.05) is 10.5 Å². The molecule has 21 heavy (non-hydrogen) atoms. The topological polar surface area (TPSA) is 21.3 Å². The maximum atomic E-state index is 13.7. The SMILES string of the molecule is COc1ccc(C(C)Nc2ccc(Br)c(Cl)c2Cl)cc1F. The predicted molar refractivity (Wildman–Crippen MR) is 89.2 cm³/mol. The van der Waals surface area contributed by atoms with Gasteiger partial charge in [0.2, 0.25) is 0 Å². The van der Waals surface area contributed by atoms with Gasteiger partial charge in [-0.3, -0.25) is 0 Å². The summed E-state index contributed by atoms with van der Waals surface area (Å²) in [4.78, 5) is 0. The van der Waals surface area contributed by atoms with Crippen LogP contribution in [-0.2, 0) is 0 Å². The number of anilines is 1. The quantitative estimate of drug-likeness (QED) is 0.637. The van der Waals surface area contributed by atoms with Gasteiger partial charge in [0.1, 0.15) is 0 Å². The highest BCUT2D eigenvalue weighted by atomic mass is 79.9. The zero-order valence-corrected chi connectivity index (χ0v) is 14.5. The van der Waals surface area contributed by atoms with Crippen LogP contribution < -0.4 is 10.1 Å². The highest BCUT2D eigenvalue weighted by Crippen LogP contribution is 2.37. The Morgan fingerprint density at radius 3 is 2.52 bits per heavy atom. The van der Waals surface area contributed by atoms with Crippen LogP contribution in [0.5, 0.6) is 5.75 Å². The fourth-order valence-electron chi connectivity index (χ4n) is 1.91. The minimum Gasteiger partial charge on any atom is -0.494 e. The van der Waals surface area contributed by atoms with Crippen molar-refractivity contribution in [3.63, 3.8) is 0 Å². The monoisotopic (exact) mass is 391 g/mol. The lowest BCUT2D eigenvalue weighted by molar-refractivity contribution is 0.386. The second-order valence-electron chi connectivity index (χ2n) is 4.48. The molecule has 0 heterocycles. The van der Waals surface area contributed by atoms with Gasteiger partial charge in [-0.25, -0.2) is 4.39 Å². The lowest BCUT2D eigenvalue weighted by Crippen LogP contribution is -2.07. The van der Waals surface area contributed by atoms with Crippen LogP contribution in [0.1, 0.15) is 18.5 Å². The first kappa shape index (κ1) is 16.4. The Labute approximate surface area is 141 Å².